The molecule has 1 amide bonds. The van der Waals surface area contributed by atoms with Crippen molar-refractivity contribution in [1.29, 1.82) is 0 Å². The summed E-state index contributed by atoms with van der Waals surface area (Å²) in [4.78, 5) is 49.9. The molecule has 0 bridgehead atoms. The van der Waals surface area contributed by atoms with E-state index in [0.29, 0.717) is 5.75 Å². The zero-order valence-corrected chi connectivity index (χ0v) is 20.9. The lowest BCUT2D eigenvalue weighted by molar-refractivity contribution is -0.143. The molecule has 0 aromatic heterocycles. The number of likely N-dealkylation sites (N-methyl/N-ethyl adjacent to an activating group) is 1. The number of carbonyl (C=O) groups excluding carboxylic acids is 2. The average Bonchev–Trinajstić information content (AvgIpc) is 2.98. The van der Waals surface area contributed by atoms with Crippen molar-refractivity contribution < 1.29 is 34.1 Å². The first-order chi connectivity index (χ1) is 16.5. The summed E-state index contributed by atoms with van der Waals surface area (Å²) in [5.41, 5.74) is 0.506. The van der Waals surface area contributed by atoms with Crippen molar-refractivity contribution in [2.24, 2.45) is 5.92 Å². The highest BCUT2D eigenvalue weighted by Gasteiger charge is 2.33. The number of rotatable bonds is 10. The van der Waals surface area contributed by atoms with Crippen LogP contribution < -0.4 is 10.1 Å². The van der Waals surface area contributed by atoms with Gasteiger partial charge in [0.15, 0.2) is 0 Å². The number of benzene rings is 1. The quantitative estimate of drug-likeness (QED) is 0.260. The Balaban J connectivity index is 2.17. The van der Waals surface area contributed by atoms with Gasteiger partial charge in [-0.05, 0) is 56.5 Å². The zero-order chi connectivity index (χ0) is 26.2. The molecule has 1 aliphatic heterocycles. The van der Waals surface area contributed by atoms with Gasteiger partial charge in [0.25, 0.3) is 0 Å². The normalized spacial score (nSPS) is 20.1. The second-order valence-corrected chi connectivity index (χ2v) is 9.56. The van der Waals surface area contributed by atoms with Crippen LogP contribution in [-0.2, 0) is 24.6 Å². The minimum Gasteiger partial charge on any atom is -0.480 e. The summed E-state index contributed by atoms with van der Waals surface area (Å²) in [5.74, 6) is -4.52. The fourth-order valence-corrected chi connectivity index (χ4v) is 4.52. The number of carbonyl (C=O) groups is 4. The highest BCUT2D eigenvalue weighted by molar-refractivity contribution is 6.00. The average molecular weight is 489 g/mol. The molecule has 2 atom stereocenters. The Morgan fingerprint density at radius 2 is 1.91 bits per heavy atom. The molecule has 192 valence electrons. The van der Waals surface area contributed by atoms with Crippen LogP contribution in [0.5, 0.6) is 5.75 Å². The number of likely N-dealkylation sites (tertiary alicyclic amines) is 1. The summed E-state index contributed by atoms with van der Waals surface area (Å²) in [5, 5.41) is 20.9. The second-order valence-electron chi connectivity index (χ2n) is 9.56. The molecule has 2 rings (SSSR count). The first kappa shape index (κ1) is 28.0. The van der Waals surface area contributed by atoms with Crippen LogP contribution in [0.2, 0.25) is 0 Å². The van der Waals surface area contributed by atoms with Gasteiger partial charge >= 0.3 is 17.9 Å². The van der Waals surface area contributed by atoms with Gasteiger partial charge in [-0.3, -0.25) is 4.79 Å². The third kappa shape index (κ3) is 7.92. The van der Waals surface area contributed by atoms with Crippen molar-refractivity contribution in [1.82, 2.24) is 10.2 Å². The maximum Gasteiger partial charge on any atom is 0.336 e. The predicted octanol–water partition coefficient (Wildman–Crippen LogP) is 2.98. The van der Waals surface area contributed by atoms with Crippen molar-refractivity contribution in [2.75, 3.05) is 20.1 Å². The summed E-state index contributed by atoms with van der Waals surface area (Å²) in [6, 6.07) is 6.12. The van der Waals surface area contributed by atoms with Crippen LogP contribution in [0.1, 0.15) is 58.4 Å². The molecule has 1 aromatic rings. The lowest BCUT2D eigenvalue weighted by Gasteiger charge is -2.35. The van der Waals surface area contributed by atoms with Gasteiger partial charge in [-0.1, -0.05) is 39.3 Å². The topological polar surface area (TPSA) is 133 Å². The lowest BCUT2D eigenvalue weighted by Crippen LogP contribution is -2.44. The van der Waals surface area contributed by atoms with Gasteiger partial charge in [-0.25, -0.2) is 14.4 Å². The maximum absolute atomic E-state index is 12.5. The molecule has 0 spiro atoms. The monoisotopic (exact) mass is 488 g/mol. The molecule has 1 saturated heterocycles. The van der Waals surface area contributed by atoms with E-state index >= 15 is 0 Å². The first-order valence-corrected chi connectivity index (χ1v) is 11.9. The molecule has 1 aliphatic rings. The van der Waals surface area contributed by atoms with E-state index in [1.165, 1.54) is 0 Å². The third-order valence-corrected chi connectivity index (χ3v) is 6.53. The zero-order valence-electron chi connectivity index (χ0n) is 20.9. The summed E-state index contributed by atoms with van der Waals surface area (Å²) in [6.07, 6.45) is 4.29. The van der Waals surface area contributed by atoms with E-state index in [-0.39, 0.29) is 5.41 Å². The van der Waals surface area contributed by atoms with Gasteiger partial charge < -0.3 is 25.2 Å². The molecular formula is C26H36N2O7. The fraction of sp³-hybridized carbons (Fsp3) is 0.538. The number of carboxylic acids is 2. The van der Waals surface area contributed by atoms with Gasteiger partial charge in [-0.2, -0.15) is 0 Å². The Bertz CT molecular complexity index is 972. The Kier molecular flexibility index (Phi) is 10.0. The van der Waals surface area contributed by atoms with Gasteiger partial charge in [-0.15, -0.1) is 0 Å². The Hall–Kier alpha value is -3.20. The number of hydrogen-bond donors (Lipinski definition) is 3. The maximum atomic E-state index is 12.5. The smallest absolute Gasteiger partial charge is 0.336 e. The van der Waals surface area contributed by atoms with Crippen molar-refractivity contribution in [3.05, 3.63) is 41.5 Å². The summed E-state index contributed by atoms with van der Waals surface area (Å²) < 4.78 is 5.40. The molecule has 3 N–H and O–H groups in total. The SMILES string of the molecule is CCC1(c2cccc(OC(=O)C=C(CC(=O)N[C@H](C(=O)O)C(C)C)C(=O)O)c2)CCCCN(C)C1. The lowest BCUT2D eigenvalue weighted by atomic mass is 9.74. The minimum atomic E-state index is -1.46. The molecule has 9 heteroatoms. The Morgan fingerprint density at radius 3 is 2.51 bits per heavy atom. The van der Waals surface area contributed by atoms with Crippen LogP contribution in [0.3, 0.4) is 0 Å². The molecule has 1 fully saturated rings. The van der Waals surface area contributed by atoms with E-state index in [4.69, 9.17) is 4.74 Å². The number of ether oxygens (including phenoxy) is 1. The summed E-state index contributed by atoms with van der Waals surface area (Å²) in [6.45, 7) is 7.32. The van der Waals surface area contributed by atoms with Crippen molar-refractivity contribution in [3.63, 3.8) is 0 Å². The number of carboxylic acid groups (broad SMARTS) is 2. The number of nitrogens with zero attached hydrogens (tertiary/aromatic N) is 1. The van der Waals surface area contributed by atoms with E-state index < -0.39 is 47.8 Å². The molecule has 0 saturated carbocycles. The Morgan fingerprint density at radius 1 is 1.20 bits per heavy atom. The van der Waals surface area contributed by atoms with Crippen LogP contribution >= 0.6 is 0 Å². The van der Waals surface area contributed by atoms with Gasteiger partial charge in [0.2, 0.25) is 5.91 Å². The van der Waals surface area contributed by atoms with Gasteiger partial charge in [0.1, 0.15) is 11.8 Å². The first-order valence-electron chi connectivity index (χ1n) is 11.9. The van der Waals surface area contributed by atoms with E-state index in [2.05, 4.69) is 24.2 Å². The molecule has 35 heavy (non-hydrogen) atoms. The molecule has 0 radical (unpaired) electrons. The molecule has 9 nitrogen and oxygen atoms in total. The van der Waals surface area contributed by atoms with Crippen LogP contribution in [0.25, 0.3) is 0 Å². The predicted molar refractivity (Wildman–Crippen MR) is 130 cm³/mol. The number of amides is 1. The van der Waals surface area contributed by atoms with Crippen molar-refractivity contribution >= 4 is 23.8 Å². The standard InChI is InChI=1S/C26H36N2O7/c1-5-26(11-6-7-12-28(4)16-26)19-9-8-10-20(15-19)35-22(30)14-18(24(31)32)13-21(29)27-23(17(2)3)25(33)34/h8-10,14-15,17,23H,5-7,11-13,16H2,1-4H3,(H,27,29)(H,31,32)(H,33,34)/t23-,26?/m0/s1. The molecular weight excluding hydrogens is 452 g/mol. The van der Waals surface area contributed by atoms with Crippen LogP contribution in [0.15, 0.2) is 35.9 Å². The number of esters is 1. The highest BCUT2D eigenvalue weighted by Crippen LogP contribution is 2.37. The minimum absolute atomic E-state index is 0.0646. The molecule has 1 aromatic carbocycles. The largest absolute Gasteiger partial charge is 0.480 e. The molecule has 1 unspecified atom stereocenters. The van der Waals surface area contributed by atoms with Gasteiger partial charge in [0.05, 0.1) is 12.0 Å². The van der Waals surface area contributed by atoms with E-state index in [1.807, 2.05) is 18.2 Å². The van der Waals surface area contributed by atoms with E-state index in [9.17, 15) is 29.4 Å². The van der Waals surface area contributed by atoms with E-state index in [1.54, 1.807) is 19.9 Å². The van der Waals surface area contributed by atoms with Crippen molar-refractivity contribution in [2.45, 2.75) is 64.3 Å². The van der Waals surface area contributed by atoms with Gasteiger partial charge in [0, 0.05) is 18.0 Å². The second kappa shape index (κ2) is 12.5. The van der Waals surface area contributed by atoms with Crippen molar-refractivity contribution in [3.8, 4) is 5.75 Å². The molecule has 0 aliphatic carbocycles. The number of aliphatic carboxylic acids is 2. The van der Waals surface area contributed by atoms with Crippen LogP contribution in [0, 0.1) is 5.92 Å². The highest BCUT2D eigenvalue weighted by atomic mass is 16.5. The molecule has 1 heterocycles. The van der Waals surface area contributed by atoms with Crippen LogP contribution in [0.4, 0.5) is 0 Å². The van der Waals surface area contributed by atoms with Crippen LogP contribution in [-0.4, -0.2) is 65.1 Å². The summed E-state index contributed by atoms with van der Waals surface area (Å²) in [7, 11) is 2.10. The Labute approximate surface area is 206 Å². The number of nitrogens with one attached hydrogen (secondary N) is 1. The third-order valence-electron chi connectivity index (χ3n) is 6.53. The fourth-order valence-electron chi connectivity index (χ4n) is 4.52. The number of hydrogen-bond acceptors (Lipinski definition) is 6. The summed E-state index contributed by atoms with van der Waals surface area (Å²) >= 11 is 0. The van der Waals surface area contributed by atoms with E-state index in [0.717, 1.165) is 50.4 Å².